The Balaban J connectivity index is 0.00000264. The predicted molar refractivity (Wildman–Crippen MR) is 89.5 cm³/mol. The monoisotopic (exact) mass is 336 g/mol. The molecule has 0 bridgehead atoms. The molecule has 7 heteroatoms. The van der Waals surface area contributed by atoms with Crippen molar-refractivity contribution < 1.29 is 10.0 Å². The second-order valence-corrected chi connectivity index (χ2v) is 5.48. The zero-order chi connectivity index (χ0) is 15.8. The highest BCUT2D eigenvalue weighted by atomic mass is 35.5. The highest BCUT2D eigenvalue weighted by molar-refractivity contribution is 6.44. The zero-order valence-corrected chi connectivity index (χ0v) is 13.6. The van der Waals surface area contributed by atoms with E-state index in [1.807, 2.05) is 18.2 Å². The molecule has 23 heavy (non-hydrogen) atoms. The number of oxime groups is 1. The van der Waals surface area contributed by atoms with E-state index in [1.54, 1.807) is 6.07 Å². The van der Waals surface area contributed by atoms with Crippen LogP contribution < -0.4 is 5.32 Å². The Morgan fingerprint density at radius 1 is 1.35 bits per heavy atom. The fraction of sp³-hybridized carbons (Fsp3) is 0.438. The lowest BCUT2D eigenvalue weighted by atomic mass is 9.96. The van der Waals surface area contributed by atoms with Crippen molar-refractivity contribution in [3.63, 3.8) is 0 Å². The summed E-state index contributed by atoms with van der Waals surface area (Å²) in [4.78, 5) is 13.9. The number of nitrogens with zero attached hydrogens (tertiary/aromatic N) is 3. The number of piperidine rings is 1. The van der Waals surface area contributed by atoms with Crippen LogP contribution in [0.15, 0.2) is 35.5 Å². The average molecular weight is 337 g/mol. The molecule has 124 valence electrons. The molecule has 1 aliphatic rings. The molecule has 0 radical (unpaired) electrons. The highest BCUT2D eigenvalue weighted by Crippen LogP contribution is 2.18. The van der Waals surface area contributed by atoms with Gasteiger partial charge in [-0.2, -0.15) is 5.26 Å². The molecule has 1 heterocycles. The second kappa shape index (κ2) is 9.82. The third-order valence-corrected chi connectivity index (χ3v) is 3.93. The van der Waals surface area contributed by atoms with E-state index in [0.717, 1.165) is 32.5 Å². The maximum Gasteiger partial charge on any atom is 0.284 e. The van der Waals surface area contributed by atoms with E-state index >= 15 is 0 Å². The van der Waals surface area contributed by atoms with Crippen LogP contribution in [0.1, 0.15) is 18.4 Å². The van der Waals surface area contributed by atoms with Gasteiger partial charge in [0.2, 0.25) is 5.71 Å². The lowest BCUT2D eigenvalue weighted by Crippen LogP contribution is -2.40. The van der Waals surface area contributed by atoms with E-state index in [-0.39, 0.29) is 12.4 Å². The number of carbonyl (C=O) groups is 1. The Labute approximate surface area is 142 Å². The van der Waals surface area contributed by atoms with E-state index in [2.05, 4.69) is 27.5 Å². The summed E-state index contributed by atoms with van der Waals surface area (Å²) in [5.74, 6) is -0.216. The van der Waals surface area contributed by atoms with Gasteiger partial charge in [0.05, 0.1) is 0 Å². The molecule has 2 rings (SSSR count). The third kappa shape index (κ3) is 5.89. The van der Waals surface area contributed by atoms with Crippen LogP contribution in [-0.2, 0) is 11.3 Å². The van der Waals surface area contributed by atoms with Crippen molar-refractivity contribution in [3.05, 3.63) is 35.9 Å². The van der Waals surface area contributed by atoms with Crippen LogP contribution in [0.4, 0.5) is 0 Å². The minimum absolute atomic E-state index is 0. The summed E-state index contributed by atoms with van der Waals surface area (Å²) in [5, 5.41) is 22.4. The smallest absolute Gasteiger partial charge is 0.284 e. The van der Waals surface area contributed by atoms with Crippen LogP contribution >= 0.6 is 12.4 Å². The molecule has 1 aromatic rings. The first-order valence-electron chi connectivity index (χ1n) is 7.39. The van der Waals surface area contributed by atoms with Crippen molar-refractivity contribution in [2.75, 3.05) is 19.6 Å². The SMILES string of the molecule is Cl.N#C/C(=N\O)C(=O)NCC1CCN(Cc2ccccc2)CC1. The van der Waals surface area contributed by atoms with Gasteiger partial charge in [-0.25, -0.2) is 0 Å². The fourth-order valence-electron chi connectivity index (χ4n) is 2.63. The average Bonchev–Trinajstić information content (AvgIpc) is 2.56. The van der Waals surface area contributed by atoms with Crippen molar-refractivity contribution in [2.45, 2.75) is 19.4 Å². The summed E-state index contributed by atoms with van der Waals surface area (Å²) in [6.07, 6.45) is 2.01. The van der Waals surface area contributed by atoms with Gasteiger partial charge in [0.25, 0.3) is 5.91 Å². The van der Waals surface area contributed by atoms with Gasteiger partial charge in [-0.1, -0.05) is 35.5 Å². The molecule has 0 aromatic heterocycles. The first kappa shape index (κ1) is 18.9. The molecule has 0 unspecified atom stereocenters. The summed E-state index contributed by atoms with van der Waals surface area (Å²) in [6, 6.07) is 11.9. The van der Waals surface area contributed by atoms with Gasteiger partial charge in [-0.05, 0) is 37.4 Å². The number of halogens is 1. The standard InChI is InChI=1S/C16H20N4O2.ClH/c17-10-15(19-22)16(21)18-11-13-6-8-20(9-7-13)12-14-4-2-1-3-5-14;/h1-5,13,22H,6-9,11-12H2,(H,18,21);1H/b19-15+;. The van der Waals surface area contributed by atoms with Gasteiger partial charge in [0, 0.05) is 13.1 Å². The summed E-state index contributed by atoms with van der Waals surface area (Å²) < 4.78 is 0. The summed E-state index contributed by atoms with van der Waals surface area (Å²) >= 11 is 0. The van der Waals surface area contributed by atoms with E-state index in [0.29, 0.717) is 12.5 Å². The second-order valence-electron chi connectivity index (χ2n) is 5.48. The topological polar surface area (TPSA) is 88.7 Å². The van der Waals surface area contributed by atoms with Crippen LogP contribution in [0.2, 0.25) is 0 Å². The predicted octanol–water partition coefficient (Wildman–Crippen LogP) is 1.79. The lowest BCUT2D eigenvalue weighted by molar-refractivity contribution is -0.115. The number of amides is 1. The largest absolute Gasteiger partial charge is 0.410 e. The molecule has 0 saturated carbocycles. The summed E-state index contributed by atoms with van der Waals surface area (Å²) in [7, 11) is 0. The van der Waals surface area contributed by atoms with Gasteiger partial charge in [-0.15, -0.1) is 12.4 Å². The van der Waals surface area contributed by atoms with Gasteiger partial charge < -0.3 is 10.5 Å². The first-order chi connectivity index (χ1) is 10.7. The Bertz CT molecular complexity index is 563. The van der Waals surface area contributed by atoms with Gasteiger partial charge in [0.1, 0.15) is 6.07 Å². The molecule has 6 nitrogen and oxygen atoms in total. The molecule has 0 atom stereocenters. The molecule has 2 N–H and O–H groups in total. The van der Waals surface area contributed by atoms with E-state index in [1.165, 1.54) is 5.56 Å². The third-order valence-electron chi connectivity index (χ3n) is 3.93. The number of benzene rings is 1. The molecule has 1 fully saturated rings. The van der Waals surface area contributed by atoms with Gasteiger partial charge in [0.15, 0.2) is 0 Å². The van der Waals surface area contributed by atoms with Crippen LogP contribution in [0.5, 0.6) is 0 Å². The minimum atomic E-state index is -0.614. The zero-order valence-electron chi connectivity index (χ0n) is 12.8. The van der Waals surface area contributed by atoms with Crippen molar-refractivity contribution >= 4 is 24.0 Å². The van der Waals surface area contributed by atoms with Crippen LogP contribution in [0.3, 0.4) is 0 Å². The normalized spacial score (nSPS) is 16.2. The number of likely N-dealkylation sites (tertiary alicyclic amines) is 1. The number of hydrogen-bond acceptors (Lipinski definition) is 5. The number of carbonyl (C=O) groups excluding carboxylic acids is 1. The lowest BCUT2D eigenvalue weighted by Gasteiger charge is -2.32. The van der Waals surface area contributed by atoms with E-state index in [4.69, 9.17) is 10.5 Å². The number of nitrogens with one attached hydrogen (secondary N) is 1. The number of nitriles is 1. The number of rotatable bonds is 5. The molecule has 0 aliphatic carbocycles. The minimum Gasteiger partial charge on any atom is -0.410 e. The van der Waals surface area contributed by atoms with E-state index in [9.17, 15) is 4.79 Å². The molecule has 1 saturated heterocycles. The van der Waals surface area contributed by atoms with Crippen molar-refractivity contribution in [3.8, 4) is 6.07 Å². The quantitative estimate of drug-likeness (QED) is 0.487. The maximum absolute atomic E-state index is 11.5. The summed E-state index contributed by atoms with van der Waals surface area (Å²) in [6.45, 7) is 3.46. The Kier molecular flexibility index (Phi) is 8.09. The van der Waals surface area contributed by atoms with Crippen molar-refractivity contribution in [2.24, 2.45) is 11.1 Å². The Morgan fingerprint density at radius 2 is 2.00 bits per heavy atom. The molecular weight excluding hydrogens is 316 g/mol. The Morgan fingerprint density at radius 3 is 2.57 bits per heavy atom. The molecule has 1 aliphatic heterocycles. The molecular formula is C16H21ClN4O2. The van der Waals surface area contributed by atoms with Gasteiger partial charge >= 0.3 is 0 Å². The molecule has 1 aromatic carbocycles. The van der Waals surface area contributed by atoms with Crippen LogP contribution in [0, 0.1) is 17.2 Å². The summed E-state index contributed by atoms with van der Waals surface area (Å²) in [5.41, 5.74) is 0.814. The van der Waals surface area contributed by atoms with E-state index < -0.39 is 11.6 Å². The number of hydrogen-bond donors (Lipinski definition) is 2. The molecule has 1 amide bonds. The highest BCUT2D eigenvalue weighted by Gasteiger charge is 2.20. The van der Waals surface area contributed by atoms with Crippen LogP contribution in [0.25, 0.3) is 0 Å². The first-order valence-corrected chi connectivity index (χ1v) is 7.39. The van der Waals surface area contributed by atoms with Crippen molar-refractivity contribution in [1.29, 1.82) is 5.26 Å². The van der Waals surface area contributed by atoms with Gasteiger partial charge in [-0.3, -0.25) is 9.69 Å². The maximum atomic E-state index is 11.5. The van der Waals surface area contributed by atoms with Crippen molar-refractivity contribution in [1.82, 2.24) is 10.2 Å². The van der Waals surface area contributed by atoms with Crippen LogP contribution in [-0.4, -0.2) is 41.4 Å². The fourth-order valence-corrected chi connectivity index (χ4v) is 2.63. The molecule has 0 spiro atoms. The Hall–Kier alpha value is -2.10.